The van der Waals surface area contributed by atoms with Gasteiger partial charge in [-0.3, -0.25) is 4.79 Å². The molecule has 0 saturated heterocycles. The van der Waals surface area contributed by atoms with Crippen LogP contribution in [0.1, 0.15) is 23.6 Å². The highest BCUT2D eigenvalue weighted by Gasteiger charge is 2.02. The largest absolute Gasteiger partial charge is 0.378 e. The van der Waals surface area contributed by atoms with Crippen molar-refractivity contribution in [1.29, 1.82) is 0 Å². The highest BCUT2D eigenvalue weighted by atomic mass is 16.5. The average molecular weight is 280 g/mol. The number of carbonyl (C=O) groups is 1. The zero-order valence-corrected chi connectivity index (χ0v) is 12.4. The molecule has 0 bridgehead atoms. The molecular formula is C13H32N2O4. The first-order valence-electron chi connectivity index (χ1n) is 6.90. The third-order valence-corrected chi connectivity index (χ3v) is 2.10. The monoisotopic (exact) mass is 280 g/mol. The van der Waals surface area contributed by atoms with Crippen LogP contribution in [0, 0.1) is 0 Å². The fraction of sp³-hybridized carbons (Fsp3) is 0.923. The van der Waals surface area contributed by atoms with Crippen molar-refractivity contribution in [3.63, 3.8) is 0 Å². The summed E-state index contributed by atoms with van der Waals surface area (Å²) in [7, 11) is 0. The molecule has 0 aromatic heterocycles. The van der Waals surface area contributed by atoms with Gasteiger partial charge in [0, 0.05) is 15.4 Å². The first-order chi connectivity index (χ1) is 9.16. The lowest BCUT2D eigenvalue weighted by atomic mass is 10.4. The van der Waals surface area contributed by atoms with Gasteiger partial charge in [-0.15, -0.1) is 0 Å². The fourth-order valence-electron chi connectivity index (χ4n) is 1.29. The number of carbonyl (C=O) groups excluding carboxylic acids is 1. The van der Waals surface area contributed by atoms with Gasteiger partial charge in [-0.05, 0) is 20.4 Å². The molecule has 0 radical (unpaired) electrons. The molecule has 19 heavy (non-hydrogen) atoms. The molecule has 0 heterocycles. The summed E-state index contributed by atoms with van der Waals surface area (Å²) < 4.78 is 15.8. The van der Waals surface area contributed by atoms with E-state index in [-0.39, 0.29) is 21.4 Å². The molecule has 0 aliphatic heterocycles. The Labute approximate surface area is 119 Å². The summed E-state index contributed by atoms with van der Waals surface area (Å²) in [6, 6.07) is 0.145. The Balaban J connectivity index is -0.00000162. The van der Waals surface area contributed by atoms with Crippen molar-refractivity contribution in [2.24, 2.45) is 0 Å². The number of ether oxygens (including phenoxy) is 3. The van der Waals surface area contributed by atoms with E-state index in [0.29, 0.717) is 33.0 Å². The van der Waals surface area contributed by atoms with E-state index in [2.05, 4.69) is 17.6 Å². The van der Waals surface area contributed by atoms with Crippen molar-refractivity contribution in [2.75, 3.05) is 52.7 Å². The van der Waals surface area contributed by atoms with Crippen molar-refractivity contribution in [2.45, 2.75) is 26.8 Å². The highest BCUT2D eigenvalue weighted by molar-refractivity contribution is 5.77. The molecule has 118 valence electrons. The Morgan fingerprint density at radius 1 is 1.05 bits per heavy atom. The topological polar surface area (TPSA) is 68.8 Å². The number of rotatable bonds is 13. The molecule has 0 aromatic carbocycles. The molecule has 6 nitrogen and oxygen atoms in total. The van der Waals surface area contributed by atoms with Crippen LogP contribution in [0.15, 0.2) is 0 Å². The van der Waals surface area contributed by atoms with Crippen LogP contribution in [-0.4, -0.2) is 64.7 Å². The fourth-order valence-corrected chi connectivity index (χ4v) is 1.29. The van der Waals surface area contributed by atoms with Gasteiger partial charge >= 0.3 is 0 Å². The molecule has 0 unspecified atom stereocenters. The predicted molar refractivity (Wildman–Crippen MR) is 78.5 cm³/mol. The number of likely N-dealkylation sites (N-methyl/N-ethyl adjacent to an activating group) is 1. The van der Waals surface area contributed by atoms with Gasteiger partial charge in [-0.25, -0.2) is 0 Å². The lowest BCUT2D eigenvalue weighted by Crippen LogP contribution is -2.33. The van der Waals surface area contributed by atoms with E-state index in [0.717, 1.165) is 13.1 Å². The molecular weight excluding hydrogens is 248 g/mol. The number of hydrogen-bond donors (Lipinski definition) is 2. The smallest absolute Gasteiger partial charge is 0.246 e. The lowest BCUT2D eigenvalue weighted by molar-refractivity contribution is -0.126. The molecule has 0 aliphatic carbocycles. The van der Waals surface area contributed by atoms with Crippen LogP contribution in [0.4, 0.5) is 0 Å². The number of amides is 1. The molecule has 0 aliphatic rings. The van der Waals surface area contributed by atoms with E-state index in [9.17, 15) is 4.79 Å². The third-order valence-electron chi connectivity index (χ3n) is 2.10. The van der Waals surface area contributed by atoms with Crippen LogP contribution < -0.4 is 10.6 Å². The second kappa shape index (κ2) is 13.7. The van der Waals surface area contributed by atoms with Gasteiger partial charge in [-0.2, -0.15) is 0 Å². The molecule has 0 aromatic rings. The minimum atomic E-state index is -0.0956. The maximum atomic E-state index is 11.2. The van der Waals surface area contributed by atoms with Gasteiger partial charge in [0.05, 0.1) is 33.0 Å². The van der Waals surface area contributed by atoms with Crippen molar-refractivity contribution >= 4 is 5.91 Å². The van der Waals surface area contributed by atoms with Crippen molar-refractivity contribution < 1.29 is 21.9 Å². The maximum Gasteiger partial charge on any atom is 0.246 e. The average Bonchev–Trinajstić information content (AvgIpc) is 2.35. The van der Waals surface area contributed by atoms with Crippen molar-refractivity contribution in [3.8, 4) is 0 Å². The zero-order valence-electron chi connectivity index (χ0n) is 12.4. The molecule has 0 rings (SSSR count). The first kappa shape index (κ1) is 18.3. The van der Waals surface area contributed by atoms with Crippen LogP contribution in [0.25, 0.3) is 0 Å². The van der Waals surface area contributed by atoms with Crippen LogP contribution in [0.2, 0.25) is 0 Å². The van der Waals surface area contributed by atoms with Crippen LogP contribution >= 0.6 is 0 Å². The Hall–Kier alpha value is -0.690. The van der Waals surface area contributed by atoms with E-state index in [1.54, 1.807) is 0 Å². The van der Waals surface area contributed by atoms with Gasteiger partial charge in [-0.1, -0.05) is 6.92 Å². The number of hydrogen-bond acceptors (Lipinski definition) is 5. The summed E-state index contributed by atoms with van der Waals surface area (Å²) >= 11 is 0. The van der Waals surface area contributed by atoms with E-state index in [1.807, 2.05) is 13.8 Å². The normalized spacial score (nSPS) is 10.9. The van der Waals surface area contributed by atoms with Gasteiger partial charge in [0.2, 0.25) is 5.91 Å². The molecule has 6 heteroatoms. The molecule has 0 spiro atoms. The molecule has 2 N–H and O–H groups in total. The maximum absolute atomic E-state index is 11.2. The Morgan fingerprint density at radius 3 is 2.21 bits per heavy atom. The van der Waals surface area contributed by atoms with Crippen LogP contribution in [0.3, 0.4) is 0 Å². The van der Waals surface area contributed by atoms with Crippen LogP contribution in [0.5, 0.6) is 0 Å². The van der Waals surface area contributed by atoms with E-state index in [4.69, 9.17) is 14.2 Å². The van der Waals surface area contributed by atoms with Gasteiger partial charge in [0.25, 0.3) is 0 Å². The predicted octanol–water partition coefficient (Wildman–Crippen LogP) is 0.662. The summed E-state index contributed by atoms with van der Waals surface area (Å²) in [5, 5.41) is 5.91. The minimum absolute atomic E-state index is 0. The van der Waals surface area contributed by atoms with Crippen LogP contribution in [-0.2, 0) is 19.0 Å². The SMILES string of the molecule is CCNCCOCCOCCOCC(=O)NC(C)C.[HH].[HH]. The van der Waals surface area contributed by atoms with Gasteiger partial charge < -0.3 is 24.8 Å². The molecule has 0 saturated carbocycles. The zero-order chi connectivity index (χ0) is 14.3. The van der Waals surface area contributed by atoms with E-state index in [1.165, 1.54) is 0 Å². The first-order valence-corrected chi connectivity index (χ1v) is 6.90. The van der Waals surface area contributed by atoms with Gasteiger partial charge in [0.1, 0.15) is 6.61 Å². The van der Waals surface area contributed by atoms with Gasteiger partial charge in [0.15, 0.2) is 0 Å². The standard InChI is InChI=1S/C13H28N2O4.2H2/c1-4-14-5-6-17-7-8-18-9-10-19-11-13(16)15-12(2)3;;/h12,14H,4-11H2,1-3H3,(H,15,16);2*1H. The molecule has 0 fully saturated rings. The summed E-state index contributed by atoms with van der Waals surface area (Å²) in [6.07, 6.45) is 0. The minimum Gasteiger partial charge on any atom is -0.378 e. The molecule has 1 amide bonds. The van der Waals surface area contributed by atoms with Crippen molar-refractivity contribution in [3.05, 3.63) is 0 Å². The Bertz CT molecular complexity index is 222. The third kappa shape index (κ3) is 15.3. The second-order valence-corrected chi connectivity index (χ2v) is 4.35. The van der Waals surface area contributed by atoms with Crippen molar-refractivity contribution in [1.82, 2.24) is 10.6 Å². The molecule has 0 atom stereocenters. The lowest BCUT2D eigenvalue weighted by Gasteiger charge is -2.09. The number of nitrogens with one attached hydrogen (secondary N) is 2. The second-order valence-electron chi connectivity index (χ2n) is 4.35. The highest BCUT2D eigenvalue weighted by Crippen LogP contribution is 1.83. The Kier molecular flexibility index (Phi) is 13.2. The Morgan fingerprint density at radius 2 is 1.63 bits per heavy atom. The summed E-state index contributed by atoms with van der Waals surface area (Å²) in [5.41, 5.74) is 0. The van der Waals surface area contributed by atoms with E-state index < -0.39 is 0 Å². The summed E-state index contributed by atoms with van der Waals surface area (Å²) in [6.45, 7) is 10.5. The summed E-state index contributed by atoms with van der Waals surface area (Å²) in [5.74, 6) is -0.0956. The summed E-state index contributed by atoms with van der Waals surface area (Å²) in [4.78, 5) is 11.2. The van der Waals surface area contributed by atoms with E-state index >= 15 is 0 Å². The quantitative estimate of drug-likeness (QED) is 0.485.